The number of hydrogen-bond acceptors (Lipinski definition) is 4. The largest absolute Gasteiger partial charge is 0.275 e. The molecule has 0 saturated carbocycles. The molecule has 0 aliphatic heterocycles. The molecule has 3 aromatic rings. The number of halogens is 1. The molecule has 7 nitrogen and oxygen atoms in total. The Bertz CT molecular complexity index is 889. The van der Waals surface area contributed by atoms with Gasteiger partial charge < -0.3 is 0 Å². The van der Waals surface area contributed by atoms with Crippen molar-refractivity contribution >= 4 is 29.1 Å². The van der Waals surface area contributed by atoms with Crippen molar-refractivity contribution < 1.29 is 9.59 Å². The summed E-state index contributed by atoms with van der Waals surface area (Å²) >= 11 is 5.76. The molecule has 116 valence electrons. The molecule has 0 saturated heterocycles. The summed E-state index contributed by atoms with van der Waals surface area (Å²) in [5, 5.41) is 4.57. The number of aryl methyl sites for hydroxylation is 1. The Hall–Kier alpha value is -2.93. The minimum atomic E-state index is -0.500. The molecule has 0 aliphatic rings. The lowest BCUT2D eigenvalue weighted by Gasteiger charge is -2.06. The lowest BCUT2D eigenvalue weighted by Crippen LogP contribution is -2.41. The molecule has 8 heteroatoms. The van der Waals surface area contributed by atoms with Crippen molar-refractivity contribution in [1.82, 2.24) is 25.4 Å². The molecule has 2 heterocycles. The number of aromatic nitrogens is 3. The average molecular weight is 330 g/mol. The number of hydrazine groups is 1. The third-order valence-corrected chi connectivity index (χ3v) is 3.40. The van der Waals surface area contributed by atoms with E-state index in [4.69, 9.17) is 11.6 Å². The van der Waals surface area contributed by atoms with Gasteiger partial charge >= 0.3 is 0 Å². The predicted molar refractivity (Wildman–Crippen MR) is 84.1 cm³/mol. The molecule has 0 radical (unpaired) electrons. The maximum atomic E-state index is 12.2. The van der Waals surface area contributed by atoms with Crippen LogP contribution in [0.2, 0.25) is 5.02 Å². The summed E-state index contributed by atoms with van der Waals surface area (Å²) < 4.78 is 1.49. The van der Waals surface area contributed by atoms with E-state index in [1.807, 2.05) is 6.92 Å². The molecule has 3 rings (SSSR count). The van der Waals surface area contributed by atoms with Gasteiger partial charge in [-0.05, 0) is 37.3 Å². The Morgan fingerprint density at radius 2 is 1.78 bits per heavy atom. The van der Waals surface area contributed by atoms with Gasteiger partial charge in [-0.1, -0.05) is 11.6 Å². The van der Waals surface area contributed by atoms with E-state index >= 15 is 0 Å². The van der Waals surface area contributed by atoms with Crippen molar-refractivity contribution in [3.8, 4) is 0 Å². The molecule has 2 N–H and O–H groups in total. The molecule has 23 heavy (non-hydrogen) atoms. The zero-order valence-corrected chi connectivity index (χ0v) is 12.8. The van der Waals surface area contributed by atoms with E-state index in [2.05, 4.69) is 20.9 Å². The fourth-order valence-corrected chi connectivity index (χ4v) is 2.10. The smallest absolute Gasteiger partial charge is 0.267 e. The molecular formula is C15H12ClN5O2. The normalized spacial score (nSPS) is 10.5. The molecule has 0 fully saturated rings. The minimum Gasteiger partial charge on any atom is -0.267 e. The topological polar surface area (TPSA) is 88.4 Å². The molecule has 2 amide bonds. The van der Waals surface area contributed by atoms with E-state index in [0.29, 0.717) is 16.2 Å². The number of rotatable bonds is 2. The van der Waals surface area contributed by atoms with Crippen LogP contribution in [-0.4, -0.2) is 26.4 Å². The Kier molecular flexibility index (Phi) is 3.94. The van der Waals surface area contributed by atoms with E-state index in [1.165, 1.54) is 10.7 Å². The fraction of sp³-hybridized carbons (Fsp3) is 0.0667. The van der Waals surface area contributed by atoms with Gasteiger partial charge in [0.15, 0.2) is 5.65 Å². The van der Waals surface area contributed by atoms with E-state index in [9.17, 15) is 9.59 Å². The lowest BCUT2D eigenvalue weighted by molar-refractivity contribution is 0.0847. The van der Waals surface area contributed by atoms with Crippen LogP contribution in [0.15, 0.2) is 42.7 Å². The van der Waals surface area contributed by atoms with E-state index in [1.54, 1.807) is 36.5 Å². The third-order valence-electron chi connectivity index (χ3n) is 3.15. The summed E-state index contributed by atoms with van der Waals surface area (Å²) in [6.07, 6.45) is 3.10. The van der Waals surface area contributed by atoms with Gasteiger partial charge in [-0.3, -0.25) is 20.4 Å². The van der Waals surface area contributed by atoms with Crippen LogP contribution in [0.3, 0.4) is 0 Å². The highest BCUT2D eigenvalue weighted by molar-refractivity contribution is 6.30. The van der Waals surface area contributed by atoms with Crippen molar-refractivity contribution in [2.45, 2.75) is 6.92 Å². The Balaban J connectivity index is 1.72. The van der Waals surface area contributed by atoms with Gasteiger partial charge in [0.25, 0.3) is 11.8 Å². The molecular weight excluding hydrogens is 318 g/mol. The van der Waals surface area contributed by atoms with Crippen LogP contribution in [0.5, 0.6) is 0 Å². The minimum absolute atomic E-state index is 0.269. The number of benzene rings is 1. The average Bonchev–Trinajstić information content (AvgIpc) is 2.96. The van der Waals surface area contributed by atoms with Crippen LogP contribution in [0, 0.1) is 6.92 Å². The number of amides is 2. The van der Waals surface area contributed by atoms with Crippen LogP contribution < -0.4 is 10.9 Å². The first-order chi connectivity index (χ1) is 11.0. The van der Waals surface area contributed by atoms with E-state index in [-0.39, 0.29) is 5.56 Å². The second-order valence-electron chi connectivity index (χ2n) is 4.81. The predicted octanol–water partition coefficient (Wildman–Crippen LogP) is 1.77. The fourth-order valence-electron chi connectivity index (χ4n) is 1.97. The SMILES string of the molecule is Cc1ccn2ncc(C(=O)NNC(=O)c3ccc(Cl)cc3)c2n1. The number of carbonyl (C=O) groups is 2. The van der Waals surface area contributed by atoms with Crippen molar-refractivity contribution in [1.29, 1.82) is 0 Å². The van der Waals surface area contributed by atoms with Gasteiger partial charge in [0.2, 0.25) is 0 Å². The van der Waals surface area contributed by atoms with Gasteiger partial charge in [0.05, 0.1) is 6.20 Å². The number of hydrogen-bond donors (Lipinski definition) is 2. The lowest BCUT2D eigenvalue weighted by atomic mass is 10.2. The first-order valence-corrected chi connectivity index (χ1v) is 7.09. The zero-order chi connectivity index (χ0) is 16.4. The second-order valence-corrected chi connectivity index (χ2v) is 5.25. The van der Waals surface area contributed by atoms with Crippen LogP contribution in [0.1, 0.15) is 26.4 Å². The standard InChI is InChI=1S/C15H12ClN5O2/c1-9-6-7-21-13(18-9)12(8-17-21)15(23)20-19-14(22)10-2-4-11(16)5-3-10/h2-8H,1H3,(H,19,22)(H,20,23). The summed E-state index contributed by atoms with van der Waals surface area (Å²) in [6.45, 7) is 1.82. The summed E-state index contributed by atoms with van der Waals surface area (Å²) in [6, 6.07) is 8.09. The van der Waals surface area contributed by atoms with Gasteiger partial charge in [0.1, 0.15) is 5.56 Å². The highest BCUT2D eigenvalue weighted by Gasteiger charge is 2.15. The highest BCUT2D eigenvalue weighted by atomic mass is 35.5. The maximum Gasteiger partial charge on any atom is 0.275 e. The van der Waals surface area contributed by atoms with Gasteiger partial charge in [-0.2, -0.15) is 5.10 Å². The first kappa shape index (κ1) is 15.0. The summed E-state index contributed by atoms with van der Waals surface area (Å²) in [4.78, 5) is 28.4. The van der Waals surface area contributed by atoms with Crippen molar-refractivity contribution in [3.63, 3.8) is 0 Å². The first-order valence-electron chi connectivity index (χ1n) is 6.72. The monoisotopic (exact) mass is 329 g/mol. The van der Waals surface area contributed by atoms with Gasteiger partial charge in [-0.25, -0.2) is 9.50 Å². The molecule has 0 spiro atoms. The van der Waals surface area contributed by atoms with Crippen LogP contribution >= 0.6 is 11.6 Å². The number of nitrogens with one attached hydrogen (secondary N) is 2. The molecule has 0 unspecified atom stereocenters. The number of nitrogens with zero attached hydrogens (tertiary/aromatic N) is 3. The Morgan fingerprint density at radius 1 is 1.09 bits per heavy atom. The van der Waals surface area contributed by atoms with Crippen molar-refractivity contribution in [2.75, 3.05) is 0 Å². The third kappa shape index (κ3) is 3.14. The summed E-state index contributed by atoms with van der Waals surface area (Å²) in [5.41, 5.74) is 6.51. The summed E-state index contributed by atoms with van der Waals surface area (Å²) in [5.74, 6) is -0.948. The molecule has 0 bridgehead atoms. The molecule has 2 aromatic heterocycles. The van der Waals surface area contributed by atoms with E-state index < -0.39 is 11.8 Å². The van der Waals surface area contributed by atoms with Crippen LogP contribution in [-0.2, 0) is 0 Å². The second kappa shape index (κ2) is 6.05. The highest BCUT2D eigenvalue weighted by Crippen LogP contribution is 2.10. The van der Waals surface area contributed by atoms with Crippen molar-refractivity contribution in [3.05, 3.63) is 64.6 Å². The van der Waals surface area contributed by atoms with Gasteiger partial charge in [-0.15, -0.1) is 0 Å². The Labute approximate surface area is 136 Å². The summed E-state index contributed by atoms with van der Waals surface area (Å²) in [7, 11) is 0. The number of carbonyl (C=O) groups excluding carboxylic acids is 2. The Morgan fingerprint density at radius 3 is 2.52 bits per heavy atom. The molecule has 0 atom stereocenters. The quantitative estimate of drug-likeness (QED) is 0.701. The molecule has 1 aromatic carbocycles. The van der Waals surface area contributed by atoms with Crippen LogP contribution in [0.4, 0.5) is 0 Å². The molecule has 0 aliphatic carbocycles. The van der Waals surface area contributed by atoms with Crippen LogP contribution in [0.25, 0.3) is 5.65 Å². The maximum absolute atomic E-state index is 12.2. The number of fused-ring (bicyclic) bond motifs is 1. The van der Waals surface area contributed by atoms with Crippen molar-refractivity contribution in [2.24, 2.45) is 0 Å². The zero-order valence-electron chi connectivity index (χ0n) is 12.1. The van der Waals surface area contributed by atoms with E-state index in [0.717, 1.165) is 5.69 Å². The van der Waals surface area contributed by atoms with Gasteiger partial charge in [0, 0.05) is 22.5 Å².